The normalized spacial score (nSPS) is 12.6. The monoisotopic (exact) mass is 435 g/mol. The summed E-state index contributed by atoms with van der Waals surface area (Å²) in [5.74, 6) is -3.11. The number of aromatic nitrogens is 2. The van der Waals surface area contributed by atoms with Crippen LogP contribution in [0.1, 0.15) is 27.9 Å². The molecule has 1 atom stereocenters. The van der Waals surface area contributed by atoms with Gasteiger partial charge >= 0.3 is 12.1 Å². The van der Waals surface area contributed by atoms with Crippen LogP contribution in [0.3, 0.4) is 0 Å². The van der Waals surface area contributed by atoms with Gasteiger partial charge in [-0.25, -0.2) is 4.98 Å². The maximum atomic E-state index is 13.0. The first-order chi connectivity index (χ1) is 14.5. The maximum absolute atomic E-state index is 13.0. The minimum absolute atomic E-state index is 0.00369. The molecule has 0 saturated carbocycles. The van der Waals surface area contributed by atoms with E-state index in [0.717, 1.165) is 16.7 Å². The van der Waals surface area contributed by atoms with Crippen molar-refractivity contribution in [3.63, 3.8) is 0 Å². The van der Waals surface area contributed by atoms with Crippen molar-refractivity contribution < 1.29 is 33.0 Å². The number of alkyl halides is 3. The van der Waals surface area contributed by atoms with Crippen molar-refractivity contribution in [2.24, 2.45) is 5.73 Å². The van der Waals surface area contributed by atoms with Crippen LogP contribution < -0.4 is 11.3 Å². The van der Waals surface area contributed by atoms with Crippen LogP contribution in [-0.2, 0) is 17.5 Å². The van der Waals surface area contributed by atoms with Gasteiger partial charge in [0.15, 0.2) is 5.78 Å². The molecule has 4 N–H and O–H groups in total. The van der Waals surface area contributed by atoms with Crippen molar-refractivity contribution in [1.82, 2.24) is 9.55 Å². The Balaban J connectivity index is 2.12. The topological polar surface area (TPSA) is 136 Å². The number of carbonyl (C=O) groups is 2. The molecule has 1 aromatic carbocycles. The van der Waals surface area contributed by atoms with E-state index < -0.39 is 52.8 Å². The zero-order chi connectivity index (χ0) is 22.9. The minimum atomic E-state index is -4.52. The third kappa shape index (κ3) is 4.40. The average molecular weight is 435 g/mol. The second-order valence-corrected chi connectivity index (χ2v) is 6.76. The van der Waals surface area contributed by atoms with Gasteiger partial charge in [-0.2, -0.15) is 13.2 Å². The van der Waals surface area contributed by atoms with E-state index in [9.17, 15) is 32.7 Å². The van der Waals surface area contributed by atoms with Gasteiger partial charge in [0, 0.05) is 12.6 Å². The fourth-order valence-electron chi connectivity index (χ4n) is 3.03. The fraction of sp³-hybridized carbons (Fsp3) is 0.200. The number of carboxylic acid groups (broad SMARTS) is 1. The third-order valence-corrected chi connectivity index (χ3v) is 4.62. The van der Waals surface area contributed by atoms with E-state index >= 15 is 0 Å². The number of nitrogens with two attached hydrogens (primary N) is 1. The lowest BCUT2D eigenvalue weighted by Gasteiger charge is -2.15. The number of rotatable bonds is 6. The van der Waals surface area contributed by atoms with E-state index in [4.69, 9.17) is 10.8 Å². The molecular weight excluding hydrogens is 419 g/mol. The number of aromatic hydroxyl groups is 1. The largest absolute Gasteiger partial charge is 0.506 e. The summed E-state index contributed by atoms with van der Waals surface area (Å²) in [7, 11) is 0. The van der Waals surface area contributed by atoms with Crippen LogP contribution in [-0.4, -0.2) is 37.6 Å². The van der Waals surface area contributed by atoms with Gasteiger partial charge < -0.3 is 15.9 Å². The second-order valence-electron chi connectivity index (χ2n) is 6.76. The Labute approximate surface area is 172 Å². The van der Waals surface area contributed by atoms with Crippen LogP contribution in [0.15, 0.2) is 47.4 Å². The number of nitrogens with zero attached hydrogens (tertiary/aromatic N) is 2. The molecule has 0 fully saturated rings. The summed E-state index contributed by atoms with van der Waals surface area (Å²) in [4.78, 5) is 40.5. The molecule has 0 aliphatic rings. The van der Waals surface area contributed by atoms with Crippen LogP contribution in [0.2, 0.25) is 0 Å². The maximum Gasteiger partial charge on any atom is 0.416 e. The van der Waals surface area contributed by atoms with Crippen LogP contribution in [0.25, 0.3) is 11.0 Å². The first-order valence-electron chi connectivity index (χ1n) is 8.89. The minimum Gasteiger partial charge on any atom is -0.506 e. The van der Waals surface area contributed by atoms with Gasteiger partial charge in [0.05, 0.1) is 17.5 Å². The molecule has 8 nitrogen and oxygen atoms in total. The molecule has 31 heavy (non-hydrogen) atoms. The Kier molecular flexibility index (Phi) is 5.80. The van der Waals surface area contributed by atoms with Crippen LogP contribution in [0.5, 0.6) is 5.75 Å². The summed E-state index contributed by atoms with van der Waals surface area (Å²) in [5.41, 5.74) is 3.19. The summed E-state index contributed by atoms with van der Waals surface area (Å²) < 4.78 is 39.4. The molecule has 2 heterocycles. The van der Waals surface area contributed by atoms with Gasteiger partial charge in [-0.3, -0.25) is 19.0 Å². The second kappa shape index (κ2) is 8.19. The molecule has 0 spiro atoms. The number of pyridine rings is 2. The lowest BCUT2D eigenvalue weighted by molar-refractivity contribution is -0.139. The summed E-state index contributed by atoms with van der Waals surface area (Å²) in [6, 6.07) is 5.33. The highest BCUT2D eigenvalue weighted by Gasteiger charge is 2.30. The van der Waals surface area contributed by atoms with Gasteiger partial charge in [0.2, 0.25) is 0 Å². The summed E-state index contributed by atoms with van der Waals surface area (Å²) >= 11 is 0. The van der Waals surface area contributed by atoms with Gasteiger partial charge in [-0.05, 0) is 29.8 Å². The van der Waals surface area contributed by atoms with Crippen LogP contribution in [0, 0.1) is 0 Å². The van der Waals surface area contributed by atoms with Crippen molar-refractivity contribution in [3.05, 3.63) is 69.6 Å². The molecule has 3 rings (SSSR count). The zero-order valence-electron chi connectivity index (χ0n) is 15.8. The number of carbonyl (C=O) groups excluding carboxylic acids is 1. The van der Waals surface area contributed by atoms with Gasteiger partial charge in [-0.15, -0.1) is 0 Å². The predicted octanol–water partition coefficient (Wildman–Crippen LogP) is 2.15. The highest BCUT2D eigenvalue weighted by molar-refractivity contribution is 6.04. The number of fused-ring (bicyclic) bond motifs is 1. The Morgan fingerprint density at radius 1 is 1.16 bits per heavy atom. The van der Waals surface area contributed by atoms with Crippen LogP contribution >= 0.6 is 0 Å². The lowest BCUT2D eigenvalue weighted by atomic mass is 10.0. The van der Waals surface area contributed by atoms with E-state index in [1.807, 2.05) is 0 Å². The van der Waals surface area contributed by atoms with E-state index in [1.165, 1.54) is 30.5 Å². The fourth-order valence-corrected chi connectivity index (χ4v) is 3.03. The number of aliphatic carboxylic acids is 1. The number of halogens is 3. The van der Waals surface area contributed by atoms with E-state index in [0.29, 0.717) is 5.56 Å². The van der Waals surface area contributed by atoms with Gasteiger partial charge in [0.25, 0.3) is 5.56 Å². The Morgan fingerprint density at radius 3 is 2.39 bits per heavy atom. The zero-order valence-corrected chi connectivity index (χ0v) is 15.8. The molecular formula is C20H16F3N3O5. The molecule has 0 radical (unpaired) electrons. The molecule has 0 amide bonds. The van der Waals surface area contributed by atoms with Crippen molar-refractivity contribution in [2.45, 2.75) is 25.2 Å². The molecule has 0 bridgehead atoms. The Morgan fingerprint density at radius 2 is 1.81 bits per heavy atom. The van der Waals surface area contributed by atoms with Crippen LogP contribution in [0.4, 0.5) is 13.2 Å². The Bertz CT molecular complexity index is 1220. The van der Waals surface area contributed by atoms with Crippen molar-refractivity contribution in [2.75, 3.05) is 0 Å². The average Bonchev–Trinajstić information content (AvgIpc) is 2.70. The van der Waals surface area contributed by atoms with Crippen molar-refractivity contribution in [1.29, 1.82) is 0 Å². The third-order valence-electron chi connectivity index (χ3n) is 4.62. The first-order valence-corrected chi connectivity index (χ1v) is 8.89. The Hall–Kier alpha value is -3.73. The highest BCUT2D eigenvalue weighted by Crippen LogP contribution is 2.30. The summed E-state index contributed by atoms with van der Waals surface area (Å²) in [5, 5.41) is 19.4. The summed E-state index contributed by atoms with van der Waals surface area (Å²) in [6.07, 6.45) is -3.92. The number of Topliss-reactive ketones (excluding diaryl/α,β-unsaturated/α-hetero) is 1. The molecule has 0 unspecified atom stereocenters. The quantitative estimate of drug-likeness (QED) is 0.505. The van der Waals surface area contributed by atoms with E-state index in [-0.39, 0.29) is 17.6 Å². The van der Waals surface area contributed by atoms with Gasteiger partial charge in [0.1, 0.15) is 23.0 Å². The number of ketones is 1. The molecule has 0 aliphatic carbocycles. The highest BCUT2D eigenvalue weighted by atomic mass is 19.4. The number of benzene rings is 1. The standard InChI is InChI=1S/C20H16F3N3O5/c21-20(22,23)11-5-3-10(4-6-11)9-26-17-12(2-1-7-25-17)16(28)15(18(26)29)14(27)8-13(24)19(30)31/h1-7,13,28H,8-9,24H2,(H,30,31)/t13-/m0/s1. The molecule has 0 aliphatic heterocycles. The number of hydrogen-bond acceptors (Lipinski definition) is 6. The number of carboxylic acids is 1. The molecule has 3 aromatic rings. The first kappa shape index (κ1) is 22.0. The predicted molar refractivity (Wildman–Crippen MR) is 103 cm³/mol. The lowest BCUT2D eigenvalue weighted by Crippen LogP contribution is -2.35. The summed E-state index contributed by atoms with van der Waals surface area (Å²) in [6.45, 7) is -0.240. The molecule has 0 saturated heterocycles. The molecule has 11 heteroatoms. The SMILES string of the molecule is N[C@@H](CC(=O)c1c(O)c2cccnc2n(Cc2ccc(C(F)(F)F)cc2)c1=O)C(=O)O. The molecule has 2 aromatic heterocycles. The van der Waals surface area contributed by atoms with E-state index in [2.05, 4.69) is 4.98 Å². The smallest absolute Gasteiger partial charge is 0.416 e. The van der Waals surface area contributed by atoms with Gasteiger partial charge in [-0.1, -0.05) is 12.1 Å². The van der Waals surface area contributed by atoms with Crippen molar-refractivity contribution >= 4 is 22.8 Å². The van der Waals surface area contributed by atoms with Crippen molar-refractivity contribution in [3.8, 4) is 5.75 Å². The number of hydrogen-bond donors (Lipinski definition) is 3. The molecule has 162 valence electrons. The van der Waals surface area contributed by atoms with E-state index in [1.54, 1.807) is 0 Å².